The number of benzene rings is 2. The van der Waals surface area contributed by atoms with Crippen molar-refractivity contribution in [3.8, 4) is 11.1 Å². The van der Waals surface area contributed by atoms with E-state index in [4.69, 9.17) is 0 Å². The van der Waals surface area contributed by atoms with Crippen LogP contribution in [0.3, 0.4) is 0 Å². The fourth-order valence-corrected chi connectivity index (χ4v) is 5.53. The molecule has 0 nitrogen and oxygen atoms in total. The van der Waals surface area contributed by atoms with Gasteiger partial charge in [-0.2, -0.15) is 0 Å². The largest absolute Gasteiger partial charge is 0.206 e. The second-order valence-corrected chi connectivity index (χ2v) is 8.93. The molecule has 154 valence electrons. The normalized spacial score (nSPS) is 27.2. The van der Waals surface area contributed by atoms with Crippen LogP contribution in [0.15, 0.2) is 42.5 Å². The van der Waals surface area contributed by atoms with Crippen molar-refractivity contribution in [3.63, 3.8) is 0 Å². The molecule has 4 rings (SSSR count). The summed E-state index contributed by atoms with van der Waals surface area (Å²) < 4.78 is 43.1. The Kier molecular flexibility index (Phi) is 5.85. The van der Waals surface area contributed by atoms with Gasteiger partial charge in [-0.15, -0.1) is 0 Å². The van der Waals surface area contributed by atoms with E-state index in [2.05, 4.69) is 19.1 Å². The number of hydrogen-bond donors (Lipinski definition) is 0. The summed E-state index contributed by atoms with van der Waals surface area (Å²) in [6.45, 7) is 3.60. The van der Waals surface area contributed by atoms with Crippen LogP contribution in [0.25, 0.3) is 11.1 Å². The van der Waals surface area contributed by atoms with Gasteiger partial charge in [0.05, 0.1) is 0 Å². The Morgan fingerprint density at radius 1 is 0.828 bits per heavy atom. The third kappa shape index (κ3) is 4.01. The van der Waals surface area contributed by atoms with E-state index >= 15 is 0 Å². The molecule has 0 bridgehead atoms. The second-order valence-electron chi connectivity index (χ2n) is 8.93. The van der Waals surface area contributed by atoms with Crippen LogP contribution in [0.1, 0.15) is 62.5 Å². The molecule has 0 spiro atoms. The minimum absolute atomic E-state index is 0.0110. The van der Waals surface area contributed by atoms with Crippen LogP contribution in [-0.4, -0.2) is 0 Å². The monoisotopic (exact) mass is 398 g/mol. The summed E-state index contributed by atoms with van der Waals surface area (Å²) >= 11 is 0. The van der Waals surface area contributed by atoms with Gasteiger partial charge in [0.2, 0.25) is 0 Å². The fourth-order valence-electron chi connectivity index (χ4n) is 5.53. The molecule has 2 aromatic rings. The molecule has 2 aliphatic rings. The Bertz CT molecular complexity index is 914. The standard InChI is InChI=1S/C26H29F3/c1-3-4-17-6-7-19-14-20(9-8-18(19)13-17)21-10-12-22(24(27)15-21)23-11-5-16(2)25(28)26(23)29/h3-5,10-12,15,17-20H,6-9,13-14H2,1-2H3/b4-3+. The smallest absolute Gasteiger partial charge is 0.167 e. The lowest BCUT2D eigenvalue weighted by Crippen LogP contribution is -2.30. The molecule has 0 amide bonds. The van der Waals surface area contributed by atoms with Gasteiger partial charge < -0.3 is 0 Å². The van der Waals surface area contributed by atoms with Crippen LogP contribution in [-0.2, 0) is 0 Å². The topological polar surface area (TPSA) is 0 Å². The van der Waals surface area contributed by atoms with E-state index < -0.39 is 17.5 Å². The number of rotatable bonds is 3. The van der Waals surface area contributed by atoms with Gasteiger partial charge in [-0.05, 0) is 93.2 Å². The van der Waals surface area contributed by atoms with Crippen molar-refractivity contribution in [2.45, 2.75) is 58.3 Å². The first kappa shape index (κ1) is 20.3. The summed E-state index contributed by atoms with van der Waals surface area (Å²) in [4.78, 5) is 0. The highest BCUT2D eigenvalue weighted by Crippen LogP contribution is 2.48. The van der Waals surface area contributed by atoms with E-state index in [1.54, 1.807) is 12.1 Å². The lowest BCUT2D eigenvalue weighted by Gasteiger charge is -2.41. The molecule has 4 atom stereocenters. The maximum atomic E-state index is 14.9. The number of hydrogen-bond acceptors (Lipinski definition) is 0. The summed E-state index contributed by atoms with van der Waals surface area (Å²) in [5.74, 6) is 0.241. The third-order valence-electron chi connectivity index (χ3n) is 7.15. The minimum atomic E-state index is -0.977. The molecule has 2 aliphatic carbocycles. The summed E-state index contributed by atoms with van der Waals surface area (Å²) in [7, 11) is 0. The second kappa shape index (κ2) is 8.38. The van der Waals surface area contributed by atoms with Gasteiger partial charge in [0.15, 0.2) is 11.6 Å². The van der Waals surface area contributed by atoms with Crippen LogP contribution in [0.2, 0.25) is 0 Å². The Hall–Kier alpha value is -2.03. The molecule has 3 heteroatoms. The highest BCUT2D eigenvalue weighted by atomic mass is 19.2. The minimum Gasteiger partial charge on any atom is -0.206 e. The number of fused-ring (bicyclic) bond motifs is 1. The van der Waals surface area contributed by atoms with Gasteiger partial charge in [-0.3, -0.25) is 0 Å². The predicted octanol–water partition coefficient (Wildman–Crippen LogP) is 7.96. The van der Waals surface area contributed by atoms with Crippen LogP contribution >= 0.6 is 0 Å². The molecule has 29 heavy (non-hydrogen) atoms. The first-order valence-electron chi connectivity index (χ1n) is 10.8. The summed E-state index contributed by atoms with van der Waals surface area (Å²) in [5.41, 5.74) is 1.34. The number of allylic oxidation sites excluding steroid dienone is 2. The van der Waals surface area contributed by atoms with E-state index in [-0.39, 0.29) is 16.7 Å². The highest BCUT2D eigenvalue weighted by molar-refractivity contribution is 5.66. The van der Waals surface area contributed by atoms with Crippen molar-refractivity contribution in [1.29, 1.82) is 0 Å². The number of halogens is 3. The Morgan fingerprint density at radius 2 is 1.55 bits per heavy atom. The summed E-state index contributed by atoms with van der Waals surface area (Å²) in [6, 6.07) is 8.02. The van der Waals surface area contributed by atoms with Crippen LogP contribution in [0.5, 0.6) is 0 Å². The quantitative estimate of drug-likeness (QED) is 0.460. The molecule has 0 aliphatic heterocycles. The predicted molar refractivity (Wildman–Crippen MR) is 112 cm³/mol. The Labute approximate surface area is 171 Å². The van der Waals surface area contributed by atoms with Crippen LogP contribution in [0, 0.1) is 42.1 Å². The maximum absolute atomic E-state index is 14.9. The summed E-state index contributed by atoms with van der Waals surface area (Å²) in [5, 5.41) is 0. The Balaban J connectivity index is 1.52. The number of aryl methyl sites for hydroxylation is 1. The Morgan fingerprint density at radius 3 is 2.31 bits per heavy atom. The molecular formula is C26H29F3. The van der Waals surface area contributed by atoms with E-state index in [1.807, 2.05) is 6.07 Å². The molecule has 4 unspecified atom stereocenters. The molecule has 2 aromatic carbocycles. The van der Waals surface area contributed by atoms with Gasteiger partial charge >= 0.3 is 0 Å². The van der Waals surface area contributed by atoms with E-state index in [0.717, 1.165) is 36.2 Å². The molecular weight excluding hydrogens is 369 g/mol. The third-order valence-corrected chi connectivity index (χ3v) is 7.15. The fraction of sp³-hybridized carbons (Fsp3) is 0.462. The van der Waals surface area contributed by atoms with Crippen LogP contribution < -0.4 is 0 Å². The van der Waals surface area contributed by atoms with Crippen LogP contribution in [0.4, 0.5) is 13.2 Å². The van der Waals surface area contributed by atoms with E-state index in [0.29, 0.717) is 5.92 Å². The zero-order valence-corrected chi connectivity index (χ0v) is 17.2. The van der Waals surface area contributed by atoms with Crippen molar-refractivity contribution < 1.29 is 13.2 Å². The SMILES string of the molecule is C/C=C/C1CCC2CC(c3ccc(-c4ccc(C)c(F)c4F)c(F)c3)CCC2C1. The molecule has 0 saturated heterocycles. The van der Waals surface area contributed by atoms with Gasteiger partial charge in [0.1, 0.15) is 5.82 Å². The summed E-state index contributed by atoms with van der Waals surface area (Å²) in [6.07, 6.45) is 11.7. The zero-order valence-electron chi connectivity index (χ0n) is 17.2. The van der Waals surface area contributed by atoms with Gasteiger partial charge in [0, 0.05) is 11.1 Å². The van der Waals surface area contributed by atoms with Crippen molar-refractivity contribution in [1.82, 2.24) is 0 Å². The molecule has 0 heterocycles. The van der Waals surface area contributed by atoms with Crippen molar-refractivity contribution in [3.05, 3.63) is 71.1 Å². The highest BCUT2D eigenvalue weighted by Gasteiger charge is 2.35. The molecule has 0 aromatic heterocycles. The first-order chi connectivity index (χ1) is 14.0. The van der Waals surface area contributed by atoms with Gasteiger partial charge in [0.25, 0.3) is 0 Å². The lowest BCUT2D eigenvalue weighted by molar-refractivity contribution is 0.133. The molecule has 2 saturated carbocycles. The maximum Gasteiger partial charge on any atom is 0.167 e. The van der Waals surface area contributed by atoms with Gasteiger partial charge in [-0.25, -0.2) is 13.2 Å². The first-order valence-corrected chi connectivity index (χ1v) is 10.8. The molecule has 0 radical (unpaired) electrons. The van der Waals surface area contributed by atoms with Crippen molar-refractivity contribution >= 4 is 0 Å². The molecule has 2 fully saturated rings. The van der Waals surface area contributed by atoms with E-state index in [1.165, 1.54) is 44.7 Å². The van der Waals surface area contributed by atoms with Crippen molar-refractivity contribution in [2.24, 2.45) is 17.8 Å². The van der Waals surface area contributed by atoms with Crippen molar-refractivity contribution in [2.75, 3.05) is 0 Å². The van der Waals surface area contributed by atoms with E-state index in [9.17, 15) is 13.2 Å². The lowest BCUT2D eigenvalue weighted by atomic mass is 9.64. The zero-order chi connectivity index (χ0) is 20.5. The molecule has 0 N–H and O–H groups in total. The van der Waals surface area contributed by atoms with Gasteiger partial charge in [-0.1, -0.05) is 36.4 Å². The average molecular weight is 399 g/mol. The average Bonchev–Trinajstić information content (AvgIpc) is 2.72.